The molecule has 116 valence electrons. The lowest BCUT2D eigenvalue weighted by Crippen LogP contribution is -2.42. The van der Waals surface area contributed by atoms with Crippen molar-refractivity contribution in [1.82, 2.24) is 10.6 Å². The van der Waals surface area contributed by atoms with Crippen LogP contribution in [-0.2, 0) is 11.3 Å². The van der Waals surface area contributed by atoms with Crippen molar-refractivity contribution in [3.05, 3.63) is 39.9 Å². The number of nitrogens with one attached hydrogen (secondary N) is 2. The van der Waals surface area contributed by atoms with Crippen molar-refractivity contribution in [3.8, 4) is 0 Å². The Bertz CT molecular complexity index is 489. The molecule has 1 rings (SSSR count). The van der Waals surface area contributed by atoms with Gasteiger partial charge in [0.25, 0.3) is 5.69 Å². The van der Waals surface area contributed by atoms with Crippen LogP contribution < -0.4 is 10.6 Å². The number of rotatable bonds is 8. The Kier molecular flexibility index (Phi) is 6.81. The van der Waals surface area contributed by atoms with E-state index >= 15 is 0 Å². The lowest BCUT2D eigenvalue weighted by Gasteiger charge is -2.14. The van der Waals surface area contributed by atoms with Gasteiger partial charge in [0.15, 0.2) is 0 Å². The molecule has 6 heteroatoms. The van der Waals surface area contributed by atoms with Crippen molar-refractivity contribution in [1.29, 1.82) is 0 Å². The summed E-state index contributed by atoms with van der Waals surface area (Å²) in [6.45, 7) is 7.08. The second kappa shape index (κ2) is 8.36. The Morgan fingerprint density at radius 2 is 2.05 bits per heavy atom. The molecule has 1 atom stereocenters. The number of hydrogen-bond acceptors (Lipinski definition) is 4. The van der Waals surface area contributed by atoms with Gasteiger partial charge in [0, 0.05) is 25.2 Å². The highest BCUT2D eigenvalue weighted by molar-refractivity contribution is 5.81. The van der Waals surface area contributed by atoms with Gasteiger partial charge in [-0.25, -0.2) is 0 Å². The van der Waals surface area contributed by atoms with E-state index in [1.54, 1.807) is 19.1 Å². The van der Waals surface area contributed by atoms with E-state index in [2.05, 4.69) is 24.5 Å². The third kappa shape index (κ3) is 6.35. The van der Waals surface area contributed by atoms with E-state index in [0.717, 1.165) is 12.0 Å². The van der Waals surface area contributed by atoms with Crippen LogP contribution >= 0.6 is 0 Å². The largest absolute Gasteiger partial charge is 0.355 e. The zero-order valence-electron chi connectivity index (χ0n) is 12.8. The Hall–Kier alpha value is -1.95. The standard InChI is InChI=1S/C15H23N3O3/c1-11(2)7-8-16-15(19)12(3)17-10-13-5-4-6-14(9-13)18(20)21/h4-6,9,11-12,17H,7-8,10H2,1-3H3,(H,16,19). The molecule has 0 saturated heterocycles. The first-order valence-corrected chi connectivity index (χ1v) is 7.14. The van der Waals surface area contributed by atoms with Crippen LogP contribution in [0.15, 0.2) is 24.3 Å². The fourth-order valence-corrected chi connectivity index (χ4v) is 1.78. The van der Waals surface area contributed by atoms with Gasteiger partial charge in [-0.05, 0) is 24.8 Å². The summed E-state index contributed by atoms with van der Waals surface area (Å²) in [5, 5.41) is 16.6. The van der Waals surface area contributed by atoms with E-state index in [9.17, 15) is 14.9 Å². The summed E-state index contributed by atoms with van der Waals surface area (Å²) in [5.74, 6) is 0.500. The zero-order valence-corrected chi connectivity index (χ0v) is 12.8. The van der Waals surface area contributed by atoms with E-state index in [-0.39, 0.29) is 17.6 Å². The molecule has 21 heavy (non-hydrogen) atoms. The fourth-order valence-electron chi connectivity index (χ4n) is 1.78. The summed E-state index contributed by atoms with van der Waals surface area (Å²) >= 11 is 0. The molecule has 0 spiro atoms. The molecular formula is C15H23N3O3. The number of nitro groups is 1. The number of amides is 1. The third-order valence-electron chi connectivity index (χ3n) is 3.15. The third-order valence-corrected chi connectivity index (χ3v) is 3.15. The highest BCUT2D eigenvalue weighted by atomic mass is 16.6. The lowest BCUT2D eigenvalue weighted by molar-refractivity contribution is -0.384. The van der Waals surface area contributed by atoms with E-state index in [1.165, 1.54) is 12.1 Å². The van der Waals surface area contributed by atoms with Gasteiger partial charge in [-0.15, -0.1) is 0 Å². The van der Waals surface area contributed by atoms with Crippen LogP contribution in [0.25, 0.3) is 0 Å². The van der Waals surface area contributed by atoms with Crippen LogP contribution in [0.2, 0.25) is 0 Å². The molecule has 0 aliphatic rings. The summed E-state index contributed by atoms with van der Waals surface area (Å²) in [7, 11) is 0. The van der Waals surface area contributed by atoms with Crippen molar-refractivity contribution in [3.63, 3.8) is 0 Å². The maximum atomic E-state index is 11.8. The van der Waals surface area contributed by atoms with E-state index in [0.29, 0.717) is 19.0 Å². The van der Waals surface area contributed by atoms with Crippen molar-refractivity contribution in [2.24, 2.45) is 5.92 Å². The smallest absolute Gasteiger partial charge is 0.269 e. The molecule has 0 aromatic heterocycles. The van der Waals surface area contributed by atoms with Gasteiger partial charge in [0.1, 0.15) is 0 Å². The van der Waals surface area contributed by atoms with Crippen LogP contribution in [0.4, 0.5) is 5.69 Å². The monoisotopic (exact) mass is 293 g/mol. The molecule has 0 radical (unpaired) electrons. The molecule has 0 saturated carbocycles. The predicted octanol–water partition coefficient (Wildman–Crippen LogP) is 2.24. The summed E-state index contributed by atoms with van der Waals surface area (Å²) in [4.78, 5) is 22.1. The van der Waals surface area contributed by atoms with Crippen molar-refractivity contribution in [2.45, 2.75) is 39.8 Å². The van der Waals surface area contributed by atoms with Crippen molar-refractivity contribution in [2.75, 3.05) is 6.54 Å². The minimum Gasteiger partial charge on any atom is -0.355 e. The normalized spacial score (nSPS) is 12.2. The van der Waals surface area contributed by atoms with Crippen LogP contribution in [0.1, 0.15) is 32.8 Å². The van der Waals surface area contributed by atoms with Gasteiger partial charge in [-0.1, -0.05) is 26.0 Å². The second-order valence-electron chi connectivity index (χ2n) is 5.50. The van der Waals surface area contributed by atoms with Crippen LogP contribution in [0.5, 0.6) is 0 Å². The number of nitro benzene ring substituents is 1. The SMILES string of the molecule is CC(C)CCNC(=O)C(C)NCc1cccc([N+](=O)[O-])c1. The molecule has 0 heterocycles. The zero-order chi connectivity index (χ0) is 15.8. The van der Waals surface area contributed by atoms with Crippen molar-refractivity contribution < 1.29 is 9.72 Å². The molecule has 1 aromatic rings. The number of nitrogens with zero attached hydrogens (tertiary/aromatic N) is 1. The highest BCUT2D eigenvalue weighted by Crippen LogP contribution is 2.12. The maximum absolute atomic E-state index is 11.8. The van der Waals surface area contributed by atoms with E-state index in [4.69, 9.17) is 0 Å². The summed E-state index contributed by atoms with van der Waals surface area (Å²) in [5.41, 5.74) is 0.842. The number of carbonyl (C=O) groups excluding carboxylic acids is 1. The average molecular weight is 293 g/mol. The number of benzene rings is 1. The molecule has 1 amide bonds. The van der Waals surface area contributed by atoms with E-state index < -0.39 is 4.92 Å². The van der Waals surface area contributed by atoms with Gasteiger partial charge in [-0.3, -0.25) is 14.9 Å². The van der Waals surface area contributed by atoms with Gasteiger partial charge < -0.3 is 10.6 Å². The quantitative estimate of drug-likeness (QED) is 0.568. The lowest BCUT2D eigenvalue weighted by atomic mass is 10.1. The molecule has 0 aliphatic heterocycles. The Labute approximate surface area is 125 Å². The van der Waals surface area contributed by atoms with E-state index in [1.807, 2.05) is 0 Å². The molecule has 0 bridgehead atoms. The summed E-state index contributed by atoms with van der Waals surface area (Å²) in [6.07, 6.45) is 0.948. The number of non-ortho nitro benzene ring substituents is 1. The fraction of sp³-hybridized carbons (Fsp3) is 0.533. The Morgan fingerprint density at radius 1 is 1.33 bits per heavy atom. The average Bonchev–Trinajstić information content (AvgIpc) is 2.44. The van der Waals surface area contributed by atoms with Crippen LogP contribution in [0, 0.1) is 16.0 Å². The predicted molar refractivity (Wildman–Crippen MR) is 81.9 cm³/mol. The second-order valence-corrected chi connectivity index (χ2v) is 5.50. The molecule has 1 unspecified atom stereocenters. The number of carbonyl (C=O) groups is 1. The molecule has 0 fully saturated rings. The molecule has 6 nitrogen and oxygen atoms in total. The van der Waals surface area contributed by atoms with Crippen molar-refractivity contribution >= 4 is 11.6 Å². The van der Waals surface area contributed by atoms with Crippen LogP contribution in [0.3, 0.4) is 0 Å². The minimum absolute atomic E-state index is 0.0546. The molecule has 0 aliphatic carbocycles. The molecular weight excluding hydrogens is 270 g/mol. The first kappa shape index (κ1) is 17.1. The van der Waals surface area contributed by atoms with Gasteiger partial charge in [0.2, 0.25) is 5.91 Å². The minimum atomic E-state index is -0.425. The van der Waals surface area contributed by atoms with Gasteiger partial charge in [-0.2, -0.15) is 0 Å². The Balaban J connectivity index is 2.41. The topological polar surface area (TPSA) is 84.3 Å². The Morgan fingerprint density at radius 3 is 2.67 bits per heavy atom. The van der Waals surface area contributed by atoms with Gasteiger partial charge >= 0.3 is 0 Å². The first-order chi connectivity index (χ1) is 9.90. The molecule has 1 aromatic carbocycles. The maximum Gasteiger partial charge on any atom is 0.269 e. The number of hydrogen-bond donors (Lipinski definition) is 2. The summed E-state index contributed by atoms with van der Waals surface area (Å²) < 4.78 is 0. The molecule has 2 N–H and O–H groups in total. The first-order valence-electron chi connectivity index (χ1n) is 7.14. The van der Waals surface area contributed by atoms with Crippen LogP contribution in [-0.4, -0.2) is 23.4 Å². The summed E-state index contributed by atoms with van der Waals surface area (Å²) in [6, 6.07) is 6.06. The highest BCUT2D eigenvalue weighted by Gasteiger charge is 2.12. The van der Waals surface area contributed by atoms with Gasteiger partial charge in [0.05, 0.1) is 11.0 Å².